The first-order chi connectivity index (χ1) is 9.25. The van der Waals surface area contributed by atoms with Crippen LogP contribution in [0.4, 0.5) is 5.69 Å². The van der Waals surface area contributed by atoms with Crippen molar-refractivity contribution in [3.05, 3.63) is 40.5 Å². The maximum atomic E-state index is 11.9. The minimum absolute atomic E-state index is 0.0606. The molecule has 0 spiro atoms. The molecule has 20 heavy (non-hydrogen) atoms. The summed E-state index contributed by atoms with van der Waals surface area (Å²) in [6.45, 7) is 4.30. The summed E-state index contributed by atoms with van der Waals surface area (Å²) in [5.41, 5.74) is 0.841. The lowest BCUT2D eigenvalue weighted by Crippen LogP contribution is -2.17. The van der Waals surface area contributed by atoms with Crippen molar-refractivity contribution in [1.29, 1.82) is 0 Å². The van der Waals surface area contributed by atoms with Crippen molar-refractivity contribution in [2.24, 2.45) is 0 Å². The lowest BCUT2D eigenvalue weighted by Gasteiger charge is -2.11. The summed E-state index contributed by atoms with van der Waals surface area (Å²) in [6, 6.07) is 4.50. The van der Waals surface area contributed by atoms with Crippen molar-refractivity contribution in [1.82, 2.24) is 0 Å². The first-order valence-electron chi connectivity index (χ1n) is 5.80. The minimum atomic E-state index is -1.17. The average Bonchev–Trinajstić information content (AvgIpc) is 2.38. The van der Waals surface area contributed by atoms with Gasteiger partial charge < -0.3 is 15.5 Å². The predicted octanol–water partition coefficient (Wildman–Crippen LogP) is 2.05. The normalized spacial score (nSPS) is 11.6. The number of benzene rings is 1. The van der Waals surface area contributed by atoms with Crippen LogP contribution >= 0.6 is 0 Å². The SMILES string of the molecule is CC(C(=O)O)=C(C)C(=O)Nc1cccc(C(=O)O)c1C. The Morgan fingerprint density at radius 2 is 1.65 bits per heavy atom. The fourth-order valence-corrected chi connectivity index (χ4v) is 1.55. The Morgan fingerprint density at radius 1 is 1.05 bits per heavy atom. The van der Waals surface area contributed by atoms with Gasteiger partial charge in [0.1, 0.15) is 0 Å². The first-order valence-corrected chi connectivity index (χ1v) is 5.80. The van der Waals surface area contributed by atoms with Crippen LogP contribution in [0, 0.1) is 6.92 Å². The number of carboxylic acid groups (broad SMARTS) is 2. The van der Waals surface area contributed by atoms with Gasteiger partial charge in [0.15, 0.2) is 0 Å². The highest BCUT2D eigenvalue weighted by molar-refractivity contribution is 6.08. The van der Waals surface area contributed by atoms with E-state index in [9.17, 15) is 14.4 Å². The van der Waals surface area contributed by atoms with E-state index in [1.165, 1.54) is 26.0 Å². The molecule has 6 nitrogen and oxygen atoms in total. The molecule has 0 fully saturated rings. The Bertz CT molecular complexity index is 616. The van der Waals surface area contributed by atoms with Gasteiger partial charge in [-0.3, -0.25) is 4.79 Å². The van der Waals surface area contributed by atoms with Crippen molar-refractivity contribution < 1.29 is 24.6 Å². The number of aromatic carboxylic acids is 1. The van der Waals surface area contributed by atoms with E-state index in [0.717, 1.165) is 0 Å². The van der Waals surface area contributed by atoms with E-state index in [1.54, 1.807) is 13.0 Å². The van der Waals surface area contributed by atoms with E-state index in [0.29, 0.717) is 11.3 Å². The summed E-state index contributed by atoms with van der Waals surface area (Å²) in [5.74, 6) is -2.84. The molecule has 1 aromatic rings. The second-order valence-corrected chi connectivity index (χ2v) is 4.29. The Labute approximate surface area is 115 Å². The molecule has 1 amide bonds. The Kier molecular flexibility index (Phi) is 4.63. The summed E-state index contributed by atoms with van der Waals surface area (Å²) in [6.07, 6.45) is 0. The highest BCUT2D eigenvalue weighted by atomic mass is 16.4. The number of carbonyl (C=O) groups excluding carboxylic acids is 1. The zero-order valence-corrected chi connectivity index (χ0v) is 11.4. The van der Waals surface area contributed by atoms with Crippen molar-refractivity contribution >= 4 is 23.5 Å². The van der Waals surface area contributed by atoms with Crippen molar-refractivity contribution in [2.45, 2.75) is 20.8 Å². The van der Waals surface area contributed by atoms with Crippen LogP contribution in [0.3, 0.4) is 0 Å². The van der Waals surface area contributed by atoms with Gasteiger partial charge in [-0.2, -0.15) is 0 Å². The molecule has 106 valence electrons. The summed E-state index contributed by atoms with van der Waals surface area (Å²) >= 11 is 0. The summed E-state index contributed by atoms with van der Waals surface area (Å²) in [7, 11) is 0. The van der Waals surface area contributed by atoms with E-state index in [2.05, 4.69) is 5.32 Å². The summed E-state index contributed by atoms with van der Waals surface area (Å²) in [5, 5.41) is 20.3. The van der Waals surface area contributed by atoms with Crippen LogP contribution in [0.2, 0.25) is 0 Å². The molecule has 1 rings (SSSR count). The van der Waals surface area contributed by atoms with Gasteiger partial charge in [0, 0.05) is 16.8 Å². The molecule has 0 saturated heterocycles. The van der Waals surface area contributed by atoms with Crippen LogP contribution in [-0.4, -0.2) is 28.1 Å². The van der Waals surface area contributed by atoms with Gasteiger partial charge in [-0.05, 0) is 38.5 Å². The second-order valence-electron chi connectivity index (χ2n) is 4.29. The molecule has 0 aliphatic heterocycles. The first kappa shape index (κ1) is 15.4. The van der Waals surface area contributed by atoms with Gasteiger partial charge in [0.25, 0.3) is 5.91 Å². The van der Waals surface area contributed by atoms with Gasteiger partial charge in [-0.1, -0.05) is 6.07 Å². The van der Waals surface area contributed by atoms with E-state index in [-0.39, 0.29) is 16.7 Å². The molecule has 0 aromatic heterocycles. The average molecular weight is 277 g/mol. The van der Waals surface area contributed by atoms with E-state index < -0.39 is 17.8 Å². The van der Waals surface area contributed by atoms with Crippen LogP contribution in [0.25, 0.3) is 0 Å². The van der Waals surface area contributed by atoms with Crippen LogP contribution < -0.4 is 5.32 Å². The second kappa shape index (κ2) is 6.01. The van der Waals surface area contributed by atoms with Crippen LogP contribution in [0.5, 0.6) is 0 Å². The molecule has 0 unspecified atom stereocenters. The van der Waals surface area contributed by atoms with Gasteiger partial charge >= 0.3 is 11.9 Å². The van der Waals surface area contributed by atoms with Gasteiger partial charge in [0.05, 0.1) is 5.56 Å². The molecule has 0 heterocycles. The molecule has 6 heteroatoms. The third-order valence-corrected chi connectivity index (χ3v) is 3.04. The zero-order valence-electron chi connectivity index (χ0n) is 11.4. The lowest BCUT2D eigenvalue weighted by molar-refractivity contribution is -0.133. The number of hydrogen-bond donors (Lipinski definition) is 3. The highest BCUT2D eigenvalue weighted by Crippen LogP contribution is 2.20. The predicted molar refractivity (Wildman–Crippen MR) is 72.8 cm³/mol. The highest BCUT2D eigenvalue weighted by Gasteiger charge is 2.15. The molecule has 1 aromatic carbocycles. The Hall–Kier alpha value is -2.63. The van der Waals surface area contributed by atoms with Gasteiger partial charge in [-0.25, -0.2) is 9.59 Å². The molecule has 0 aliphatic carbocycles. The molecular weight excluding hydrogens is 262 g/mol. The summed E-state index contributed by atoms with van der Waals surface area (Å²) < 4.78 is 0. The molecule has 0 aliphatic rings. The fraction of sp³-hybridized carbons (Fsp3) is 0.214. The van der Waals surface area contributed by atoms with Crippen molar-refractivity contribution in [2.75, 3.05) is 5.32 Å². The molecular formula is C14H15NO5. The quantitative estimate of drug-likeness (QED) is 0.731. The van der Waals surface area contributed by atoms with E-state index in [4.69, 9.17) is 10.2 Å². The molecule has 0 radical (unpaired) electrons. The Morgan fingerprint density at radius 3 is 2.15 bits per heavy atom. The largest absolute Gasteiger partial charge is 0.478 e. The number of carboxylic acids is 2. The van der Waals surface area contributed by atoms with Gasteiger partial charge in [0.2, 0.25) is 0 Å². The third-order valence-electron chi connectivity index (χ3n) is 3.04. The lowest BCUT2D eigenvalue weighted by atomic mass is 10.1. The number of carbonyl (C=O) groups is 3. The third kappa shape index (κ3) is 3.23. The molecule has 0 atom stereocenters. The number of nitrogens with one attached hydrogen (secondary N) is 1. The van der Waals surface area contributed by atoms with Crippen molar-refractivity contribution in [3.8, 4) is 0 Å². The van der Waals surface area contributed by atoms with E-state index >= 15 is 0 Å². The van der Waals surface area contributed by atoms with Crippen molar-refractivity contribution in [3.63, 3.8) is 0 Å². The van der Waals surface area contributed by atoms with E-state index in [1.807, 2.05) is 0 Å². The number of amides is 1. The molecule has 0 bridgehead atoms. The zero-order chi connectivity index (χ0) is 15.4. The van der Waals surface area contributed by atoms with Crippen LogP contribution in [0.15, 0.2) is 29.3 Å². The molecule has 0 saturated carbocycles. The maximum absolute atomic E-state index is 11.9. The fourth-order valence-electron chi connectivity index (χ4n) is 1.55. The monoisotopic (exact) mass is 277 g/mol. The standard InChI is InChI=1S/C14H15NO5/c1-7(8(2)13(17)18)12(16)15-11-6-4-5-10(9(11)3)14(19)20/h4-6H,1-3H3,(H,15,16)(H,17,18)(H,19,20). The van der Waals surface area contributed by atoms with Crippen LogP contribution in [0.1, 0.15) is 29.8 Å². The summed E-state index contributed by atoms with van der Waals surface area (Å²) in [4.78, 5) is 33.7. The van der Waals surface area contributed by atoms with Crippen LogP contribution in [-0.2, 0) is 9.59 Å². The van der Waals surface area contributed by atoms with Gasteiger partial charge in [-0.15, -0.1) is 0 Å². The minimum Gasteiger partial charge on any atom is -0.478 e. The smallest absolute Gasteiger partial charge is 0.336 e. The maximum Gasteiger partial charge on any atom is 0.336 e. The number of anilines is 1. The number of aliphatic carboxylic acids is 1. The Balaban J connectivity index is 3.09. The number of rotatable bonds is 4. The molecule has 3 N–H and O–H groups in total. The number of hydrogen-bond acceptors (Lipinski definition) is 3. The topological polar surface area (TPSA) is 104 Å².